The van der Waals surface area contributed by atoms with Crippen molar-refractivity contribution in [2.45, 2.75) is 118 Å². The number of anilines is 3. The second kappa shape index (κ2) is 28.7. The van der Waals surface area contributed by atoms with Crippen LogP contribution in [0, 0.1) is 12.3 Å². The Labute approximate surface area is 666 Å². The predicted octanol–water partition coefficient (Wildman–Crippen LogP) is 28.4. The molecule has 5 aliphatic rings. The highest BCUT2D eigenvalue weighted by Gasteiger charge is 2.42. The fraction of sp³-hybridized carbons (Fsp3) is 0.174. The van der Waals surface area contributed by atoms with Gasteiger partial charge < -0.3 is 18.9 Å². The second-order valence-electron chi connectivity index (χ2n) is 33.2. The van der Waals surface area contributed by atoms with Crippen molar-refractivity contribution in [3.05, 3.63) is 412 Å². The lowest BCUT2D eigenvalue weighted by atomic mass is 9.60. The highest BCUT2D eigenvalue weighted by atomic mass is 15.2. The number of para-hydroxylation sites is 2. The molecule has 0 fully saturated rings. The summed E-state index contributed by atoms with van der Waals surface area (Å²) in [6.45, 7) is 18.6. The van der Waals surface area contributed by atoms with E-state index in [2.05, 4.69) is 414 Å². The Balaban J connectivity index is 0.682. The SMILES string of the molecule is C\C=C/C(=C\C=C\c1ccc2c(c1)c1cc(-c3ccc4c(c3)c3cc(C5=CC=C(N(C(/C=C\Cc6ccc7c(c6)CC7)=C/C)c6ccc7c(c6)C(C)(C)c6ccccc6-7)CC5)ccc3n4-c3ccccc3)ccc1n2-c1ccccc1)N(c1ccc(-c2ccc3c(c2)CC3)cc1)c1ccc(C)c(C(C)(C)C2(C)C=CC=CC2)c1. The summed E-state index contributed by atoms with van der Waals surface area (Å²) in [5, 5.41) is 4.88. The Bertz CT molecular complexity index is 6460. The molecule has 4 heteroatoms. The number of aryl methyl sites for hydroxylation is 5. The molecule has 0 N–H and O–H groups in total. The molecule has 0 radical (unpaired) electrons. The number of benzene rings is 12. The van der Waals surface area contributed by atoms with Crippen LogP contribution in [0.3, 0.4) is 0 Å². The summed E-state index contributed by atoms with van der Waals surface area (Å²) in [6.07, 6.45) is 40.6. The highest BCUT2D eigenvalue weighted by molar-refractivity contribution is 6.13. The van der Waals surface area contributed by atoms with Crippen LogP contribution in [0.25, 0.3) is 100 Å². The van der Waals surface area contributed by atoms with Gasteiger partial charge in [-0.05, 0) is 317 Å². The largest absolute Gasteiger partial charge is 0.315 e. The number of hydrogen-bond acceptors (Lipinski definition) is 2. The minimum atomic E-state index is -0.158. The van der Waals surface area contributed by atoms with Gasteiger partial charge in [-0.15, -0.1) is 0 Å². The second-order valence-corrected chi connectivity index (χ2v) is 33.2. The molecular weight excluding hydrogens is 1370 g/mol. The molecule has 0 aliphatic heterocycles. The topological polar surface area (TPSA) is 16.3 Å². The van der Waals surface area contributed by atoms with Crippen LogP contribution in [0.15, 0.2) is 351 Å². The summed E-state index contributed by atoms with van der Waals surface area (Å²) in [7, 11) is 0. The fourth-order valence-corrected chi connectivity index (χ4v) is 19.0. The number of nitrogens with zero attached hydrogens (tertiary/aromatic N) is 4. The van der Waals surface area contributed by atoms with Crippen LogP contribution in [-0.2, 0) is 42.9 Å². The number of allylic oxidation sites excluding steroid dienone is 15. The Kier molecular flexibility index (Phi) is 18.0. The van der Waals surface area contributed by atoms with E-state index in [9.17, 15) is 0 Å². The molecule has 0 spiro atoms. The van der Waals surface area contributed by atoms with E-state index in [4.69, 9.17) is 0 Å². The van der Waals surface area contributed by atoms with E-state index in [-0.39, 0.29) is 16.2 Å². The van der Waals surface area contributed by atoms with Crippen LogP contribution in [0.5, 0.6) is 0 Å². The van der Waals surface area contributed by atoms with Gasteiger partial charge in [0.15, 0.2) is 0 Å². The zero-order valence-electron chi connectivity index (χ0n) is 66.3. The first-order valence-corrected chi connectivity index (χ1v) is 40.8. The summed E-state index contributed by atoms with van der Waals surface area (Å²) in [5.74, 6) is 0. The minimum Gasteiger partial charge on any atom is -0.315 e. The molecule has 14 aromatic rings. The van der Waals surface area contributed by atoms with E-state index in [1.807, 2.05) is 0 Å². The van der Waals surface area contributed by atoms with Crippen LogP contribution >= 0.6 is 0 Å². The molecule has 0 saturated heterocycles. The molecule has 113 heavy (non-hydrogen) atoms. The van der Waals surface area contributed by atoms with E-state index in [1.165, 1.54) is 175 Å². The standard InChI is InChI=1S/C109H96N4/c1-9-24-87(111(91-55-45-78(46-56-91)82-44-41-77-40-43-81(77)67-82)92-52-35-73(3)101(71-92)108(6,7)109(8)63-20-13-21-64-109)32-23-26-75-37-59-103-96(66-75)97-69-84(50-61-104(97)112(103)88-27-14-11-15-28-88)85-51-62-106-99(70-85)98-68-83(49-60-105(98)113(106)89-29-16-12-17-30-89)79-47-53-90(54-48-79)110(86(10-2)31-22-25-74-36-38-76-39-42-80(76)65-74)93-57-58-95-94-33-18-19-34-100(94)107(4,5)102(95)72-93/h9-24,26-38,41,44-47,49-53,55-63,65-72H,25,39-40,42-43,48,54,64H2,1-8H3/b24-9-,26-23+,31-22-,86-10+,87-32+. The minimum absolute atomic E-state index is 0.0544. The summed E-state index contributed by atoms with van der Waals surface area (Å²) in [6, 6.07) is 96.7. The van der Waals surface area contributed by atoms with Crippen LogP contribution in [0.1, 0.15) is 129 Å². The molecule has 0 bridgehead atoms. The number of rotatable bonds is 19. The third kappa shape index (κ3) is 12.6. The first-order valence-electron chi connectivity index (χ1n) is 40.8. The maximum absolute atomic E-state index is 2.53. The maximum atomic E-state index is 2.53. The van der Waals surface area contributed by atoms with Crippen molar-refractivity contribution in [3.63, 3.8) is 0 Å². The Morgan fingerprint density at radius 1 is 0.460 bits per heavy atom. The van der Waals surface area contributed by atoms with Gasteiger partial charge in [0.25, 0.3) is 0 Å². The highest BCUT2D eigenvalue weighted by Crippen LogP contribution is 2.53. The molecule has 12 aromatic carbocycles. The molecular formula is C109H96N4. The molecule has 0 amide bonds. The smallest absolute Gasteiger partial charge is 0.0541 e. The van der Waals surface area contributed by atoms with Crippen molar-refractivity contribution in [1.82, 2.24) is 9.13 Å². The van der Waals surface area contributed by atoms with Gasteiger partial charge in [-0.3, -0.25) is 0 Å². The normalized spacial score (nSPS) is 16.4. The predicted molar refractivity (Wildman–Crippen MR) is 481 cm³/mol. The molecule has 1 unspecified atom stereocenters. The Morgan fingerprint density at radius 2 is 1.04 bits per heavy atom. The Hall–Kier alpha value is -12.5. The van der Waals surface area contributed by atoms with Crippen LogP contribution in [-0.4, -0.2) is 9.13 Å². The maximum Gasteiger partial charge on any atom is 0.0541 e. The van der Waals surface area contributed by atoms with Gasteiger partial charge in [0.05, 0.1) is 22.1 Å². The average Bonchev–Trinajstić information content (AvgIpc) is 1.74. The van der Waals surface area contributed by atoms with Crippen molar-refractivity contribution in [1.29, 1.82) is 0 Å². The van der Waals surface area contributed by atoms with Crippen molar-refractivity contribution >= 4 is 72.3 Å². The number of hydrogen-bond donors (Lipinski definition) is 0. The number of fused-ring (bicyclic) bond motifs is 11. The van der Waals surface area contributed by atoms with Crippen LogP contribution in [0.4, 0.5) is 17.1 Å². The first-order chi connectivity index (χ1) is 55.2. The summed E-state index contributed by atoms with van der Waals surface area (Å²) in [4.78, 5) is 4.98. The lowest BCUT2D eigenvalue weighted by molar-refractivity contribution is 0.239. The summed E-state index contributed by atoms with van der Waals surface area (Å²) in [5.41, 5.74) is 37.7. The monoisotopic (exact) mass is 1460 g/mol. The molecule has 5 aliphatic carbocycles. The molecule has 1 atom stereocenters. The van der Waals surface area contributed by atoms with Gasteiger partial charge in [0.1, 0.15) is 0 Å². The van der Waals surface area contributed by atoms with E-state index in [0.29, 0.717) is 0 Å². The van der Waals surface area contributed by atoms with E-state index >= 15 is 0 Å². The first kappa shape index (κ1) is 70.9. The summed E-state index contributed by atoms with van der Waals surface area (Å²) < 4.78 is 4.89. The van der Waals surface area contributed by atoms with Gasteiger partial charge in [0, 0.05) is 72.5 Å². The van der Waals surface area contributed by atoms with Crippen molar-refractivity contribution < 1.29 is 0 Å². The van der Waals surface area contributed by atoms with Crippen LogP contribution < -0.4 is 9.80 Å². The molecule has 4 nitrogen and oxygen atoms in total. The van der Waals surface area contributed by atoms with Crippen molar-refractivity contribution in [2.75, 3.05) is 9.80 Å². The van der Waals surface area contributed by atoms with Crippen molar-refractivity contribution in [2.24, 2.45) is 5.41 Å². The quantitative estimate of drug-likeness (QED) is 0.0750. The van der Waals surface area contributed by atoms with Crippen molar-refractivity contribution in [3.8, 4) is 44.8 Å². The molecule has 552 valence electrons. The van der Waals surface area contributed by atoms with E-state index in [1.54, 1.807) is 0 Å². The lowest BCUT2D eigenvalue weighted by Gasteiger charge is -2.44. The Morgan fingerprint density at radius 3 is 1.66 bits per heavy atom. The van der Waals surface area contributed by atoms with Gasteiger partial charge in [-0.25, -0.2) is 0 Å². The molecule has 0 saturated carbocycles. The van der Waals surface area contributed by atoms with E-state index in [0.717, 1.165) is 66.1 Å². The summed E-state index contributed by atoms with van der Waals surface area (Å²) >= 11 is 0. The van der Waals surface area contributed by atoms with E-state index < -0.39 is 0 Å². The van der Waals surface area contributed by atoms with Gasteiger partial charge in [0.2, 0.25) is 0 Å². The third-order valence-electron chi connectivity index (χ3n) is 26.0. The molecule has 2 heterocycles. The van der Waals surface area contributed by atoms with Gasteiger partial charge in [-0.1, -0.05) is 241 Å². The lowest BCUT2D eigenvalue weighted by Crippen LogP contribution is -2.38. The molecule has 19 rings (SSSR count). The average molecular weight is 1460 g/mol. The van der Waals surface area contributed by atoms with Crippen LogP contribution in [0.2, 0.25) is 0 Å². The van der Waals surface area contributed by atoms with Gasteiger partial charge >= 0.3 is 0 Å². The zero-order valence-corrected chi connectivity index (χ0v) is 66.3. The number of aromatic nitrogens is 2. The zero-order chi connectivity index (χ0) is 76.7. The fourth-order valence-electron chi connectivity index (χ4n) is 19.0. The third-order valence-corrected chi connectivity index (χ3v) is 26.0. The molecule has 2 aromatic heterocycles. The van der Waals surface area contributed by atoms with Gasteiger partial charge in [-0.2, -0.15) is 0 Å².